The lowest BCUT2D eigenvalue weighted by atomic mass is 9.92. The van der Waals surface area contributed by atoms with Gasteiger partial charge in [-0.15, -0.1) is 0 Å². The highest BCUT2D eigenvalue weighted by atomic mass is 19.4. The van der Waals surface area contributed by atoms with Gasteiger partial charge in [0.2, 0.25) is 5.91 Å². The molecule has 11 heteroatoms. The summed E-state index contributed by atoms with van der Waals surface area (Å²) in [5.41, 5.74) is 7.25. The summed E-state index contributed by atoms with van der Waals surface area (Å²) >= 11 is 0. The summed E-state index contributed by atoms with van der Waals surface area (Å²) in [6, 6.07) is 23.2. The first kappa shape index (κ1) is 28.6. The molecule has 222 valence electrons. The lowest BCUT2D eigenvalue weighted by Crippen LogP contribution is -2.35. The van der Waals surface area contributed by atoms with Crippen LogP contribution in [0.5, 0.6) is 0 Å². The Bertz CT molecular complexity index is 1690. The quantitative estimate of drug-likeness (QED) is 0.280. The van der Waals surface area contributed by atoms with E-state index in [2.05, 4.69) is 81.1 Å². The molecule has 0 radical (unpaired) electrons. The summed E-state index contributed by atoms with van der Waals surface area (Å²) in [7, 11) is 0. The number of para-hydroxylation sites is 1. The number of aliphatic carboxylic acids is 1. The number of carboxylic acid groups (broad SMARTS) is 1. The third-order valence-electron chi connectivity index (χ3n) is 8.21. The molecule has 1 saturated heterocycles. The summed E-state index contributed by atoms with van der Waals surface area (Å²) in [5.74, 6) is -2.44. The molecule has 0 bridgehead atoms. The smallest absolute Gasteiger partial charge is 0.475 e. The van der Waals surface area contributed by atoms with Crippen LogP contribution in [0.25, 0.3) is 23.1 Å². The van der Waals surface area contributed by atoms with Gasteiger partial charge in [0.05, 0.1) is 29.8 Å². The standard InChI is InChI=1S/C30H28N4O2.C2HF3O2/c35-29-30(24-3-1-2-4-27(24)31-29)18-25(30)22-10-11-23-26(32-33-28(23)17-22)12-9-20-5-7-21(8-6-20)19-34-13-15-36-16-14-34;3-2(4,5)1(6)7/h1-12,17,25H,13-16,18-19H2,(H,31,35)(H,32,33);(H,6,7)/b12-9+;. The molecule has 1 aliphatic carbocycles. The minimum atomic E-state index is -5.08. The number of H-pyrrole nitrogens is 1. The Kier molecular flexibility index (Phi) is 7.53. The summed E-state index contributed by atoms with van der Waals surface area (Å²) in [4.78, 5) is 24.2. The van der Waals surface area contributed by atoms with Crippen LogP contribution >= 0.6 is 0 Å². The van der Waals surface area contributed by atoms with Crippen LogP contribution in [0.15, 0.2) is 66.7 Å². The van der Waals surface area contributed by atoms with Crippen molar-refractivity contribution < 1.29 is 32.6 Å². The van der Waals surface area contributed by atoms with Crippen molar-refractivity contribution in [3.63, 3.8) is 0 Å². The van der Waals surface area contributed by atoms with Crippen molar-refractivity contribution in [3.8, 4) is 0 Å². The number of carboxylic acids is 1. The minimum Gasteiger partial charge on any atom is -0.475 e. The molecule has 3 aliphatic rings. The molecule has 4 aromatic rings. The van der Waals surface area contributed by atoms with E-state index in [1.165, 1.54) is 11.1 Å². The number of nitrogens with zero attached hydrogens (tertiary/aromatic N) is 2. The third kappa shape index (κ3) is 5.78. The summed E-state index contributed by atoms with van der Waals surface area (Å²) in [6.07, 6.45) is -0.0593. The number of nitrogens with one attached hydrogen (secondary N) is 2. The maximum Gasteiger partial charge on any atom is 0.490 e. The van der Waals surface area contributed by atoms with E-state index in [0.29, 0.717) is 0 Å². The first-order chi connectivity index (χ1) is 20.6. The molecule has 1 aromatic heterocycles. The lowest BCUT2D eigenvalue weighted by Gasteiger charge is -2.26. The van der Waals surface area contributed by atoms with Gasteiger partial charge in [0.15, 0.2) is 0 Å². The molecule has 43 heavy (non-hydrogen) atoms. The second-order valence-electron chi connectivity index (χ2n) is 10.9. The zero-order valence-corrected chi connectivity index (χ0v) is 23.0. The predicted molar refractivity (Wildman–Crippen MR) is 155 cm³/mol. The van der Waals surface area contributed by atoms with Crippen LogP contribution in [0.4, 0.5) is 18.9 Å². The van der Waals surface area contributed by atoms with Crippen molar-refractivity contribution >= 4 is 40.6 Å². The number of hydrogen-bond donors (Lipinski definition) is 3. The molecular weight excluding hydrogens is 561 g/mol. The van der Waals surface area contributed by atoms with E-state index < -0.39 is 17.6 Å². The SMILES string of the molecule is O=C(O)C(F)(F)F.O=C1Nc2ccccc2C12CC2c1ccc2c(/C=C/c3ccc(CN4CCOCC4)cc3)n[nH]c2c1. The van der Waals surface area contributed by atoms with Gasteiger partial charge in [0.1, 0.15) is 0 Å². The van der Waals surface area contributed by atoms with Crippen molar-refractivity contribution in [2.45, 2.75) is 30.5 Å². The molecule has 2 fully saturated rings. The zero-order chi connectivity index (χ0) is 30.2. The van der Waals surface area contributed by atoms with E-state index in [1.807, 2.05) is 18.2 Å². The van der Waals surface area contributed by atoms with Gasteiger partial charge in [-0.2, -0.15) is 18.3 Å². The Morgan fingerprint density at radius 1 is 1.07 bits per heavy atom. The number of rotatable bonds is 5. The molecule has 3 aromatic carbocycles. The van der Waals surface area contributed by atoms with Crippen LogP contribution in [-0.4, -0.2) is 64.6 Å². The predicted octanol–water partition coefficient (Wildman–Crippen LogP) is 5.58. The minimum absolute atomic E-state index is 0.123. The summed E-state index contributed by atoms with van der Waals surface area (Å²) in [5, 5.41) is 19.0. The molecule has 8 nitrogen and oxygen atoms in total. The van der Waals surface area contributed by atoms with Crippen molar-refractivity contribution in [2.24, 2.45) is 0 Å². The van der Waals surface area contributed by atoms with Gasteiger partial charge in [-0.05, 0) is 46.9 Å². The van der Waals surface area contributed by atoms with E-state index in [0.717, 1.165) is 72.7 Å². The highest BCUT2D eigenvalue weighted by Gasteiger charge is 2.65. The Hall–Kier alpha value is -4.48. The van der Waals surface area contributed by atoms with E-state index in [-0.39, 0.29) is 11.8 Å². The Morgan fingerprint density at radius 3 is 2.51 bits per heavy atom. The molecule has 1 amide bonds. The number of carbonyl (C=O) groups is 2. The van der Waals surface area contributed by atoms with Crippen molar-refractivity contribution in [3.05, 3.63) is 94.7 Å². The number of hydrogen-bond acceptors (Lipinski definition) is 5. The second-order valence-corrected chi connectivity index (χ2v) is 10.9. The number of halogens is 3. The number of aromatic nitrogens is 2. The van der Waals surface area contributed by atoms with Crippen LogP contribution in [0.3, 0.4) is 0 Å². The first-order valence-corrected chi connectivity index (χ1v) is 13.9. The highest BCUT2D eigenvalue weighted by molar-refractivity contribution is 6.09. The van der Waals surface area contributed by atoms with Gasteiger partial charge in [-0.25, -0.2) is 4.79 Å². The third-order valence-corrected chi connectivity index (χ3v) is 8.21. The van der Waals surface area contributed by atoms with Gasteiger partial charge >= 0.3 is 12.1 Å². The molecule has 2 aliphatic heterocycles. The molecule has 3 N–H and O–H groups in total. The number of carbonyl (C=O) groups excluding carboxylic acids is 1. The maximum atomic E-state index is 12.9. The second kappa shape index (κ2) is 11.3. The number of benzene rings is 3. The number of alkyl halides is 3. The average Bonchev–Trinajstić information content (AvgIpc) is 3.53. The highest BCUT2D eigenvalue weighted by Crippen LogP contribution is 2.65. The van der Waals surface area contributed by atoms with E-state index in [9.17, 15) is 18.0 Å². The first-order valence-electron chi connectivity index (χ1n) is 13.9. The van der Waals surface area contributed by atoms with Crippen LogP contribution in [-0.2, 0) is 26.3 Å². The van der Waals surface area contributed by atoms with Crippen molar-refractivity contribution in [2.75, 3.05) is 31.6 Å². The average molecular weight is 591 g/mol. The van der Waals surface area contributed by atoms with Crippen molar-refractivity contribution in [1.29, 1.82) is 0 Å². The Balaban J connectivity index is 0.000000423. The molecule has 3 heterocycles. The number of aromatic amines is 1. The van der Waals surface area contributed by atoms with E-state index in [1.54, 1.807) is 0 Å². The summed E-state index contributed by atoms with van der Waals surface area (Å²) < 4.78 is 37.2. The van der Waals surface area contributed by atoms with Gasteiger partial charge in [0, 0.05) is 36.6 Å². The van der Waals surface area contributed by atoms with Crippen LogP contribution < -0.4 is 5.32 Å². The van der Waals surface area contributed by atoms with E-state index >= 15 is 0 Å². The van der Waals surface area contributed by atoms with Crippen LogP contribution in [0, 0.1) is 0 Å². The number of morpholine rings is 1. The Labute approximate surface area is 245 Å². The number of fused-ring (bicyclic) bond motifs is 3. The molecule has 1 spiro atoms. The molecule has 7 rings (SSSR count). The largest absolute Gasteiger partial charge is 0.490 e. The fourth-order valence-electron chi connectivity index (χ4n) is 5.88. The maximum absolute atomic E-state index is 12.9. The number of anilines is 1. The molecular formula is C32H29F3N4O4. The van der Waals surface area contributed by atoms with Crippen LogP contribution in [0.2, 0.25) is 0 Å². The fraction of sp³-hybridized carbons (Fsp3) is 0.281. The van der Waals surface area contributed by atoms with E-state index in [4.69, 9.17) is 14.6 Å². The van der Waals surface area contributed by atoms with Crippen molar-refractivity contribution in [1.82, 2.24) is 15.1 Å². The fourth-order valence-corrected chi connectivity index (χ4v) is 5.88. The normalized spacial score (nSPS) is 21.5. The van der Waals surface area contributed by atoms with Crippen LogP contribution in [0.1, 0.15) is 40.3 Å². The topological polar surface area (TPSA) is 108 Å². The van der Waals surface area contributed by atoms with Gasteiger partial charge < -0.3 is 15.2 Å². The lowest BCUT2D eigenvalue weighted by molar-refractivity contribution is -0.192. The number of ether oxygens (including phenoxy) is 1. The Morgan fingerprint density at radius 2 is 1.79 bits per heavy atom. The molecule has 1 saturated carbocycles. The molecule has 2 atom stereocenters. The monoisotopic (exact) mass is 590 g/mol. The van der Waals surface area contributed by atoms with Gasteiger partial charge in [0.25, 0.3) is 0 Å². The zero-order valence-electron chi connectivity index (χ0n) is 23.0. The summed E-state index contributed by atoms with van der Waals surface area (Å²) in [6.45, 7) is 4.61. The molecule has 2 unspecified atom stereocenters. The van der Waals surface area contributed by atoms with Gasteiger partial charge in [-0.1, -0.05) is 60.7 Å². The van der Waals surface area contributed by atoms with Gasteiger partial charge in [-0.3, -0.25) is 14.8 Å². The number of amides is 1.